The van der Waals surface area contributed by atoms with Crippen molar-refractivity contribution in [3.05, 3.63) is 47.5 Å². The lowest BCUT2D eigenvalue weighted by Crippen LogP contribution is -2.43. The summed E-state index contributed by atoms with van der Waals surface area (Å²) in [5.41, 5.74) is 0.830. The third kappa shape index (κ3) is 14.7. The van der Waals surface area contributed by atoms with Gasteiger partial charge in [0.05, 0.1) is 30.3 Å². The standard InChI is InChI=1S/C15H19NO3.C12H23NO2.C8H14N2O2.C2H6/c1-15(2,3)12(19-4)9-16-13(17)10-7-5-6-8-11(10)14(16)18;1-4-5-6-7-8-9-10(2)11(13-3)12(14)15;1-7-3-2-4-10(7)8(12)5-9-6-11;1-2/h5-8,12H,9H2,1-4H3;8-11,13H,4-7H2,1-3H3,(H,14,15);6-7H,2-5H2,1H3,(H,9,11);1-2H3/b;9-8-;;/t;;7-;/m..1./s1. The molecular formula is C37H62N4O7. The van der Waals surface area contributed by atoms with Gasteiger partial charge in [-0.1, -0.05) is 85.6 Å². The highest BCUT2D eigenvalue weighted by Crippen LogP contribution is 2.27. The van der Waals surface area contributed by atoms with E-state index in [-0.39, 0.29) is 48.2 Å². The number of carboxylic acids is 1. The Labute approximate surface area is 288 Å². The molecule has 3 N–H and O–H groups in total. The number of hydrogen-bond donors (Lipinski definition) is 3. The van der Waals surface area contributed by atoms with Crippen LogP contribution < -0.4 is 10.6 Å². The molecule has 0 aromatic heterocycles. The van der Waals surface area contributed by atoms with Crippen LogP contribution in [0.2, 0.25) is 0 Å². The van der Waals surface area contributed by atoms with E-state index in [0.29, 0.717) is 23.6 Å². The summed E-state index contributed by atoms with van der Waals surface area (Å²) in [6.45, 7) is 17.5. The molecule has 272 valence electrons. The van der Waals surface area contributed by atoms with E-state index in [1.165, 1.54) is 24.2 Å². The summed E-state index contributed by atoms with van der Waals surface area (Å²) in [5, 5.41) is 14.1. The lowest BCUT2D eigenvalue weighted by atomic mass is 9.88. The summed E-state index contributed by atoms with van der Waals surface area (Å²) < 4.78 is 5.43. The van der Waals surface area contributed by atoms with E-state index in [9.17, 15) is 24.0 Å². The molecule has 11 heteroatoms. The molecule has 4 amide bonds. The normalized spacial score (nSPS) is 17.2. The Morgan fingerprint density at radius 1 is 1.10 bits per heavy atom. The van der Waals surface area contributed by atoms with Crippen LogP contribution in [0.5, 0.6) is 0 Å². The highest BCUT2D eigenvalue weighted by atomic mass is 16.5. The van der Waals surface area contributed by atoms with Crippen LogP contribution in [-0.4, -0.2) is 97.0 Å². The van der Waals surface area contributed by atoms with E-state index in [4.69, 9.17) is 9.84 Å². The number of likely N-dealkylation sites (N-methyl/N-ethyl adjacent to an activating group) is 1. The van der Waals surface area contributed by atoms with E-state index in [2.05, 4.69) is 23.6 Å². The zero-order chi connectivity index (χ0) is 36.9. The van der Waals surface area contributed by atoms with Crippen molar-refractivity contribution in [2.24, 2.45) is 11.3 Å². The number of unbranched alkanes of at least 4 members (excludes halogenated alkanes) is 3. The summed E-state index contributed by atoms with van der Waals surface area (Å²) in [7, 11) is 3.29. The first kappa shape index (κ1) is 44.4. The van der Waals surface area contributed by atoms with Gasteiger partial charge in [0, 0.05) is 25.6 Å². The number of benzene rings is 1. The van der Waals surface area contributed by atoms with E-state index >= 15 is 0 Å². The first-order valence-electron chi connectivity index (χ1n) is 17.3. The molecule has 1 fully saturated rings. The molecule has 0 radical (unpaired) electrons. The number of aliphatic carboxylic acids is 1. The minimum atomic E-state index is -0.789. The Morgan fingerprint density at radius 3 is 2.10 bits per heavy atom. The number of nitrogens with zero attached hydrogens (tertiary/aromatic N) is 2. The number of rotatable bonds is 14. The first-order valence-corrected chi connectivity index (χ1v) is 17.3. The van der Waals surface area contributed by atoms with Crippen LogP contribution >= 0.6 is 0 Å². The average Bonchev–Trinajstić information content (AvgIpc) is 3.59. The number of carbonyl (C=O) groups is 5. The van der Waals surface area contributed by atoms with Crippen molar-refractivity contribution >= 4 is 30.1 Å². The predicted octanol–water partition coefficient (Wildman–Crippen LogP) is 5.54. The van der Waals surface area contributed by atoms with Crippen LogP contribution in [0.3, 0.4) is 0 Å². The minimum absolute atomic E-state index is 0.0205. The predicted molar refractivity (Wildman–Crippen MR) is 191 cm³/mol. The molecule has 11 nitrogen and oxygen atoms in total. The van der Waals surface area contributed by atoms with E-state index in [1.807, 2.05) is 59.4 Å². The Hall–Kier alpha value is -3.57. The minimum Gasteiger partial charge on any atom is -0.480 e. The van der Waals surface area contributed by atoms with E-state index in [1.54, 1.807) is 38.4 Å². The third-order valence-corrected chi connectivity index (χ3v) is 8.20. The highest BCUT2D eigenvalue weighted by molar-refractivity contribution is 6.21. The number of methoxy groups -OCH3 is 1. The monoisotopic (exact) mass is 674 g/mol. The fourth-order valence-corrected chi connectivity index (χ4v) is 5.35. The Morgan fingerprint density at radius 2 is 1.69 bits per heavy atom. The molecule has 1 aromatic rings. The number of carboxylic acid groups (broad SMARTS) is 1. The van der Waals surface area contributed by atoms with Crippen molar-refractivity contribution in [3.8, 4) is 0 Å². The van der Waals surface area contributed by atoms with Gasteiger partial charge in [-0.2, -0.15) is 0 Å². The topological polar surface area (TPSA) is 145 Å². The number of hydrogen-bond acceptors (Lipinski definition) is 7. The van der Waals surface area contributed by atoms with E-state index in [0.717, 1.165) is 25.8 Å². The number of imide groups is 1. The molecule has 2 heterocycles. The average molecular weight is 675 g/mol. The number of ether oxygens (including phenoxy) is 1. The molecule has 0 bridgehead atoms. The molecule has 2 aliphatic heterocycles. The van der Waals surface area contributed by atoms with Crippen LogP contribution in [0, 0.1) is 11.3 Å². The number of nitrogens with one attached hydrogen (secondary N) is 2. The fraction of sp³-hybridized carbons (Fsp3) is 0.649. The third-order valence-electron chi connectivity index (χ3n) is 8.20. The highest BCUT2D eigenvalue weighted by Gasteiger charge is 2.38. The van der Waals surface area contributed by atoms with Crippen LogP contribution in [0.25, 0.3) is 0 Å². The fourth-order valence-electron chi connectivity index (χ4n) is 5.35. The maximum absolute atomic E-state index is 12.2. The van der Waals surface area contributed by atoms with Crippen LogP contribution in [0.1, 0.15) is 115 Å². The summed E-state index contributed by atoms with van der Waals surface area (Å²) in [6, 6.07) is 6.78. The molecule has 3 unspecified atom stereocenters. The molecular weight excluding hydrogens is 612 g/mol. The first-order chi connectivity index (χ1) is 22.7. The van der Waals surface area contributed by atoms with Gasteiger partial charge in [0.2, 0.25) is 12.3 Å². The summed E-state index contributed by atoms with van der Waals surface area (Å²) >= 11 is 0. The molecule has 3 rings (SSSR count). The molecule has 48 heavy (non-hydrogen) atoms. The summed E-state index contributed by atoms with van der Waals surface area (Å²) in [4.78, 5) is 59.6. The van der Waals surface area contributed by atoms with Crippen LogP contribution in [0.15, 0.2) is 36.4 Å². The molecule has 4 atom stereocenters. The molecule has 1 saturated heterocycles. The number of fused-ring (bicyclic) bond motifs is 1. The van der Waals surface area contributed by atoms with Gasteiger partial charge >= 0.3 is 5.97 Å². The summed E-state index contributed by atoms with van der Waals surface area (Å²) in [5.74, 6) is -1.19. The number of allylic oxidation sites excluding steroid dienone is 1. The van der Waals surface area contributed by atoms with Gasteiger partial charge in [0.25, 0.3) is 11.8 Å². The van der Waals surface area contributed by atoms with Crippen LogP contribution in [0.4, 0.5) is 0 Å². The van der Waals surface area contributed by atoms with Crippen molar-refractivity contribution in [2.75, 3.05) is 33.8 Å². The Bertz CT molecular complexity index is 1130. The lowest BCUT2D eigenvalue weighted by Gasteiger charge is -2.31. The van der Waals surface area contributed by atoms with Crippen LogP contribution in [-0.2, 0) is 19.1 Å². The Balaban J connectivity index is 0.000000690. The molecule has 0 spiro atoms. The van der Waals surface area contributed by atoms with Crippen molar-refractivity contribution in [1.82, 2.24) is 20.4 Å². The second kappa shape index (κ2) is 23.7. The van der Waals surface area contributed by atoms with Crippen molar-refractivity contribution < 1.29 is 33.8 Å². The molecule has 2 aliphatic rings. The Kier molecular flexibility index (Phi) is 21.9. The SMILES string of the molecule is CC.CCCCC/C=C\C(C)C(NC)C(=O)O.COC(CN1C(=O)c2ccccc2C1=O)C(C)(C)C.C[C@@H]1CCCN1C(=O)CNC=O. The van der Waals surface area contributed by atoms with Gasteiger partial charge in [0.1, 0.15) is 6.04 Å². The second-order valence-electron chi connectivity index (χ2n) is 12.8. The van der Waals surface area contributed by atoms with Crippen molar-refractivity contribution in [3.63, 3.8) is 0 Å². The molecule has 0 saturated carbocycles. The zero-order valence-corrected chi connectivity index (χ0v) is 31.0. The van der Waals surface area contributed by atoms with Gasteiger partial charge < -0.3 is 25.4 Å². The van der Waals surface area contributed by atoms with Gasteiger partial charge in [-0.25, -0.2) is 0 Å². The van der Waals surface area contributed by atoms with Gasteiger partial charge in [-0.05, 0) is 57.2 Å². The zero-order valence-electron chi connectivity index (χ0n) is 31.0. The molecule has 1 aromatic carbocycles. The number of amides is 4. The number of carbonyl (C=O) groups excluding carboxylic acids is 4. The maximum Gasteiger partial charge on any atom is 0.321 e. The van der Waals surface area contributed by atoms with Gasteiger partial charge in [0.15, 0.2) is 0 Å². The van der Waals surface area contributed by atoms with Gasteiger partial charge in [-0.15, -0.1) is 0 Å². The van der Waals surface area contributed by atoms with E-state index < -0.39 is 12.0 Å². The largest absolute Gasteiger partial charge is 0.480 e. The quantitative estimate of drug-likeness (QED) is 0.101. The maximum atomic E-state index is 12.2. The second-order valence-corrected chi connectivity index (χ2v) is 12.8. The lowest BCUT2D eigenvalue weighted by molar-refractivity contribution is -0.140. The van der Waals surface area contributed by atoms with Gasteiger partial charge in [-0.3, -0.25) is 28.9 Å². The molecule has 0 aliphatic carbocycles. The smallest absolute Gasteiger partial charge is 0.321 e. The number of likely N-dealkylation sites (tertiary alicyclic amines) is 1. The van der Waals surface area contributed by atoms with Crippen molar-refractivity contribution in [2.45, 2.75) is 112 Å². The summed E-state index contributed by atoms with van der Waals surface area (Å²) in [6.07, 6.45) is 11.3. The van der Waals surface area contributed by atoms with Crippen molar-refractivity contribution in [1.29, 1.82) is 0 Å².